The van der Waals surface area contributed by atoms with Gasteiger partial charge >= 0.3 is 11.1 Å². The molecule has 0 unspecified atom stereocenters. The Hall–Kier alpha value is -2.75. The van der Waals surface area contributed by atoms with E-state index in [1.807, 2.05) is 0 Å². The fourth-order valence-corrected chi connectivity index (χ4v) is 3.48. The zero-order valence-corrected chi connectivity index (χ0v) is 14.0. The van der Waals surface area contributed by atoms with Crippen molar-refractivity contribution in [3.05, 3.63) is 44.5 Å². The van der Waals surface area contributed by atoms with E-state index in [0.717, 1.165) is 4.68 Å². The van der Waals surface area contributed by atoms with Crippen molar-refractivity contribution in [3.63, 3.8) is 0 Å². The van der Waals surface area contributed by atoms with Crippen LogP contribution in [0.25, 0.3) is 0 Å². The first-order chi connectivity index (χ1) is 11.9. The highest BCUT2D eigenvalue weighted by Gasteiger charge is 2.45. The molecule has 4 heterocycles. The number of nitrogens with zero attached hydrogens (tertiary/aromatic N) is 6. The number of carbonyl (C=O) groups excluding carboxylic acids is 1. The number of ether oxygens (including phenoxy) is 1. The topological polar surface area (TPSA) is 104 Å². The lowest BCUT2D eigenvalue weighted by Crippen LogP contribution is -2.53. The molecule has 1 atom stereocenters. The number of hydrogen-bond acceptors (Lipinski definition) is 6. The van der Waals surface area contributed by atoms with E-state index in [1.165, 1.54) is 16.3 Å². The van der Waals surface area contributed by atoms with Crippen LogP contribution in [0.2, 0.25) is 0 Å². The number of likely N-dealkylation sites (tertiary alicyclic amines) is 1. The van der Waals surface area contributed by atoms with Gasteiger partial charge < -0.3 is 9.64 Å². The summed E-state index contributed by atoms with van der Waals surface area (Å²) in [6.07, 6.45) is 2.17. The molecule has 0 radical (unpaired) electrons. The summed E-state index contributed by atoms with van der Waals surface area (Å²) in [6, 6.07) is 1.67. The van der Waals surface area contributed by atoms with Crippen LogP contribution in [-0.4, -0.2) is 53.6 Å². The third-order valence-electron chi connectivity index (χ3n) is 4.90. The molecule has 4 rings (SSSR count). The van der Waals surface area contributed by atoms with Gasteiger partial charge in [-0.1, -0.05) is 0 Å². The van der Waals surface area contributed by atoms with Crippen molar-refractivity contribution < 1.29 is 9.53 Å². The molecular formula is C15H18N6O4. The molecular weight excluding hydrogens is 328 g/mol. The van der Waals surface area contributed by atoms with E-state index in [1.54, 1.807) is 24.2 Å². The number of hydrogen-bond donors (Lipinski definition) is 0. The average molecular weight is 346 g/mol. The zero-order chi connectivity index (χ0) is 17.8. The monoisotopic (exact) mass is 346 g/mol. The molecule has 1 spiro atoms. The third kappa shape index (κ3) is 2.40. The van der Waals surface area contributed by atoms with E-state index in [-0.39, 0.29) is 19.1 Å². The SMILES string of the molecule is Cn1nccc1C(=O)N1CC[C@@]2(C1)Cn1c(nn(C)c(=O)c1=O)CO2. The zero-order valence-electron chi connectivity index (χ0n) is 14.0. The quantitative estimate of drug-likeness (QED) is 0.582. The molecule has 0 saturated carbocycles. The van der Waals surface area contributed by atoms with Gasteiger partial charge in [0, 0.05) is 26.8 Å². The molecule has 0 N–H and O–H groups in total. The van der Waals surface area contributed by atoms with Crippen molar-refractivity contribution in [1.29, 1.82) is 0 Å². The summed E-state index contributed by atoms with van der Waals surface area (Å²) in [5, 5.41) is 8.10. The van der Waals surface area contributed by atoms with Crippen LogP contribution in [0.3, 0.4) is 0 Å². The molecule has 2 aromatic heterocycles. The predicted octanol–water partition coefficient (Wildman–Crippen LogP) is -1.51. The molecule has 2 aromatic rings. The van der Waals surface area contributed by atoms with E-state index in [4.69, 9.17) is 4.74 Å². The molecule has 2 aliphatic rings. The van der Waals surface area contributed by atoms with Crippen LogP contribution in [0.5, 0.6) is 0 Å². The van der Waals surface area contributed by atoms with E-state index in [9.17, 15) is 14.4 Å². The Kier molecular flexibility index (Phi) is 3.39. The summed E-state index contributed by atoms with van der Waals surface area (Å²) in [5.74, 6) is 0.301. The van der Waals surface area contributed by atoms with Crippen LogP contribution in [0, 0.1) is 0 Å². The standard InChI is InChI=1S/C15H18N6O4/c1-18-10(3-5-16-18)12(22)20-6-4-15(8-20)9-21-11(7-25-15)17-19(2)13(23)14(21)24/h3,5H,4,6-9H2,1-2H3/t15-/m1/s1. The van der Waals surface area contributed by atoms with Crippen molar-refractivity contribution in [3.8, 4) is 0 Å². The molecule has 0 aliphatic carbocycles. The van der Waals surface area contributed by atoms with Gasteiger partial charge in [0.25, 0.3) is 5.91 Å². The summed E-state index contributed by atoms with van der Waals surface area (Å²) < 4.78 is 9.92. The highest BCUT2D eigenvalue weighted by Crippen LogP contribution is 2.31. The highest BCUT2D eigenvalue weighted by molar-refractivity contribution is 5.92. The third-order valence-corrected chi connectivity index (χ3v) is 4.90. The first-order valence-electron chi connectivity index (χ1n) is 7.98. The van der Waals surface area contributed by atoms with Crippen molar-refractivity contribution >= 4 is 5.91 Å². The largest absolute Gasteiger partial charge is 0.363 e. The molecule has 2 aliphatic heterocycles. The van der Waals surface area contributed by atoms with Crippen LogP contribution >= 0.6 is 0 Å². The first kappa shape index (κ1) is 15.8. The Morgan fingerprint density at radius 1 is 1.20 bits per heavy atom. The number of aryl methyl sites for hydroxylation is 2. The van der Waals surface area contributed by atoms with Gasteiger partial charge in [0.2, 0.25) is 0 Å². The Morgan fingerprint density at radius 3 is 2.72 bits per heavy atom. The summed E-state index contributed by atoms with van der Waals surface area (Å²) in [7, 11) is 3.16. The second-order valence-electron chi connectivity index (χ2n) is 6.52. The van der Waals surface area contributed by atoms with Crippen LogP contribution in [0.4, 0.5) is 0 Å². The summed E-state index contributed by atoms with van der Waals surface area (Å²) in [5.41, 5.74) is -1.44. The number of aromatic nitrogens is 5. The molecule has 1 saturated heterocycles. The molecule has 132 valence electrons. The van der Waals surface area contributed by atoms with Crippen LogP contribution in [0.15, 0.2) is 21.9 Å². The van der Waals surface area contributed by atoms with Gasteiger partial charge in [-0.25, -0.2) is 4.68 Å². The minimum Gasteiger partial charge on any atom is -0.363 e. The van der Waals surface area contributed by atoms with Gasteiger partial charge in [-0.15, -0.1) is 0 Å². The van der Waals surface area contributed by atoms with E-state index in [2.05, 4.69) is 10.2 Å². The summed E-state index contributed by atoms with van der Waals surface area (Å²) >= 11 is 0. The smallest absolute Gasteiger partial charge is 0.332 e. The van der Waals surface area contributed by atoms with Gasteiger partial charge in [-0.05, 0) is 12.5 Å². The molecule has 1 amide bonds. The maximum Gasteiger partial charge on any atom is 0.332 e. The maximum absolute atomic E-state index is 12.6. The Morgan fingerprint density at radius 2 is 2.00 bits per heavy atom. The second-order valence-corrected chi connectivity index (χ2v) is 6.52. The van der Waals surface area contributed by atoms with Crippen molar-refractivity contribution in [2.24, 2.45) is 14.1 Å². The first-order valence-corrected chi connectivity index (χ1v) is 7.98. The normalized spacial score (nSPS) is 22.4. The van der Waals surface area contributed by atoms with Crippen molar-refractivity contribution in [1.82, 2.24) is 29.0 Å². The highest BCUT2D eigenvalue weighted by atomic mass is 16.5. The molecule has 10 nitrogen and oxygen atoms in total. The number of rotatable bonds is 1. The molecule has 25 heavy (non-hydrogen) atoms. The second kappa shape index (κ2) is 5.38. The van der Waals surface area contributed by atoms with Gasteiger partial charge in [-0.2, -0.15) is 10.2 Å². The fraction of sp³-hybridized carbons (Fsp3) is 0.533. The molecule has 10 heteroatoms. The predicted molar refractivity (Wildman–Crippen MR) is 85.0 cm³/mol. The minimum absolute atomic E-state index is 0.124. The Labute approximate surface area is 142 Å². The van der Waals surface area contributed by atoms with Gasteiger partial charge in [0.15, 0.2) is 5.82 Å². The summed E-state index contributed by atoms with van der Waals surface area (Å²) in [4.78, 5) is 38.5. The van der Waals surface area contributed by atoms with Gasteiger partial charge in [0.05, 0.1) is 13.1 Å². The molecule has 0 bridgehead atoms. The number of fused-ring (bicyclic) bond motifs is 1. The maximum atomic E-state index is 12.6. The van der Waals surface area contributed by atoms with E-state index < -0.39 is 16.7 Å². The van der Waals surface area contributed by atoms with Crippen molar-refractivity contribution in [2.45, 2.75) is 25.2 Å². The lowest BCUT2D eigenvalue weighted by Gasteiger charge is -2.34. The van der Waals surface area contributed by atoms with Crippen LogP contribution in [-0.2, 0) is 32.0 Å². The average Bonchev–Trinajstić information content (AvgIpc) is 3.20. The Bertz CT molecular complexity index is 973. The lowest BCUT2D eigenvalue weighted by atomic mass is 10.0. The van der Waals surface area contributed by atoms with Gasteiger partial charge in [0.1, 0.15) is 17.9 Å². The fourth-order valence-electron chi connectivity index (χ4n) is 3.48. The minimum atomic E-state index is -0.668. The van der Waals surface area contributed by atoms with E-state index >= 15 is 0 Å². The van der Waals surface area contributed by atoms with Crippen molar-refractivity contribution in [2.75, 3.05) is 13.1 Å². The summed E-state index contributed by atoms with van der Waals surface area (Å²) in [6.45, 7) is 1.24. The van der Waals surface area contributed by atoms with E-state index in [0.29, 0.717) is 31.0 Å². The lowest BCUT2D eigenvalue weighted by molar-refractivity contribution is -0.0842. The number of amides is 1. The molecule has 1 fully saturated rings. The van der Waals surface area contributed by atoms with Crippen LogP contribution < -0.4 is 11.1 Å². The number of carbonyl (C=O) groups is 1. The van der Waals surface area contributed by atoms with Crippen LogP contribution in [0.1, 0.15) is 22.7 Å². The molecule has 0 aromatic carbocycles. The van der Waals surface area contributed by atoms with Gasteiger partial charge in [-0.3, -0.25) is 23.6 Å². The Balaban J connectivity index is 1.61.